The predicted molar refractivity (Wildman–Crippen MR) is 124 cm³/mol. The molecule has 0 unspecified atom stereocenters. The molecule has 1 amide bonds. The van der Waals surface area contributed by atoms with Gasteiger partial charge in [0.1, 0.15) is 11.6 Å². The molecule has 2 atom stereocenters. The maximum absolute atomic E-state index is 14.4. The lowest BCUT2D eigenvalue weighted by molar-refractivity contribution is -0.127. The number of fused-ring (bicyclic) bond motifs is 1. The van der Waals surface area contributed by atoms with Crippen LogP contribution < -0.4 is 10.1 Å². The van der Waals surface area contributed by atoms with Gasteiger partial charge in [-0.15, -0.1) is 0 Å². The number of nitrogens with zero attached hydrogens (tertiary/aromatic N) is 1. The first-order valence-corrected chi connectivity index (χ1v) is 11.2. The number of carbonyl (C=O) groups is 1. The van der Waals surface area contributed by atoms with Crippen LogP contribution in [0.1, 0.15) is 42.1 Å². The summed E-state index contributed by atoms with van der Waals surface area (Å²) in [6, 6.07) is 23.3. The van der Waals surface area contributed by atoms with Gasteiger partial charge in [-0.1, -0.05) is 54.6 Å². The van der Waals surface area contributed by atoms with Crippen LogP contribution in [0.3, 0.4) is 0 Å². The van der Waals surface area contributed by atoms with Crippen molar-refractivity contribution >= 4 is 5.91 Å². The van der Waals surface area contributed by atoms with Gasteiger partial charge in [-0.2, -0.15) is 0 Å². The van der Waals surface area contributed by atoms with Crippen molar-refractivity contribution in [1.29, 1.82) is 0 Å². The summed E-state index contributed by atoms with van der Waals surface area (Å²) in [7, 11) is 0. The molecule has 1 N–H and O–H groups in total. The summed E-state index contributed by atoms with van der Waals surface area (Å²) in [6.45, 7) is 5.56. The predicted octanol–water partition coefficient (Wildman–Crippen LogP) is 4.88. The van der Waals surface area contributed by atoms with Gasteiger partial charge in [-0.05, 0) is 55.2 Å². The lowest BCUT2D eigenvalue weighted by Gasteiger charge is -2.38. The third-order valence-corrected chi connectivity index (χ3v) is 5.93. The van der Waals surface area contributed by atoms with Crippen molar-refractivity contribution in [2.75, 3.05) is 13.1 Å². The second-order valence-electron chi connectivity index (χ2n) is 8.14. The maximum atomic E-state index is 14.4. The number of amides is 1. The Morgan fingerprint density at radius 3 is 2.62 bits per heavy atom. The fraction of sp³-hybridized carbons (Fsp3) is 0.296. The monoisotopic (exact) mass is 432 g/mol. The molecule has 166 valence electrons. The van der Waals surface area contributed by atoms with Crippen molar-refractivity contribution in [3.05, 3.63) is 101 Å². The molecule has 1 aliphatic rings. The Kier molecular flexibility index (Phi) is 6.86. The fourth-order valence-electron chi connectivity index (χ4n) is 4.34. The smallest absolute Gasteiger partial charge is 0.260 e. The highest BCUT2D eigenvalue weighted by atomic mass is 19.1. The normalized spacial score (nSPS) is 16.8. The largest absolute Gasteiger partial charge is 0.481 e. The summed E-state index contributed by atoms with van der Waals surface area (Å²) in [4.78, 5) is 14.4. The topological polar surface area (TPSA) is 41.6 Å². The summed E-state index contributed by atoms with van der Waals surface area (Å²) in [5, 5.41) is 2.79. The second kappa shape index (κ2) is 9.96. The highest BCUT2D eigenvalue weighted by Crippen LogP contribution is 2.38. The minimum absolute atomic E-state index is 0.0251. The van der Waals surface area contributed by atoms with Crippen molar-refractivity contribution < 1.29 is 13.9 Å². The zero-order valence-corrected chi connectivity index (χ0v) is 18.6. The molecule has 1 aliphatic heterocycles. The van der Waals surface area contributed by atoms with Crippen molar-refractivity contribution in [2.45, 2.75) is 39.0 Å². The van der Waals surface area contributed by atoms with Crippen LogP contribution in [-0.4, -0.2) is 30.0 Å². The van der Waals surface area contributed by atoms with Gasteiger partial charge in [-0.3, -0.25) is 9.69 Å². The fourth-order valence-corrected chi connectivity index (χ4v) is 4.34. The van der Waals surface area contributed by atoms with Crippen LogP contribution in [0.25, 0.3) is 0 Å². The summed E-state index contributed by atoms with van der Waals surface area (Å²) in [5.74, 6) is 0.347. The first kappa shape index (κ1) is 22.0. The molecule has 0 bridgehead atoms. The van der Waals surface area contributed by atoms with Crippen LogP contribution >= 0.6 is 0 Å². The van der Waals surface area contributed by atoms with Crippen LogP contribution in [0, 0.1) is 5.82 Å². The Hall–Kier alpha value is -3.18. The molecule has 0 fully saturated rings. The van der Waals surface area contributed by atoms with Crippen LogP contribution in [0.2, 0.25) is 0 Å². The highest BCUT2D eigenvalue weighted by molar-refractivity contribution is 5.80. The molecule has 0 radical (unpaired) electrons. The number of rotatable bonds is 7. The molecular formula is C27H29FN2O2. The number of halogens is 1. The van der Waals surface area contributed by atoms with Gasteiger partial charge in [0.2, 0.25) is 0 Å². The van der Waals surface area contributed by atoms with E-state index in [4.69, 9.17) is 4.74 Å². The Morgan fingerprint density at radius 1 is 1.12 bits per heavy atom. The summed E-state index contributed by atoms with van der Waals surface area (Å²) >= 11 is 0. The molecule has 0 saturated carbocycles. The van der Waals surface area contributed by atoms with E-state index in [-0.39, 0.29) is 17.8 Å². The molecule has 4 rings (SSSR count). The van der Waals surface area contributed by atoms with Crippen LogP contribution in [0.4, 0.5) is 4.39 Å². The molecule has 3 aromatic rings. The molecule has 0 aromatic heterocycles. The Labute approximate surface area is 189 Å². The van der Waals surface area contributed by atoms with Crippen LogP contribution in [0.5, 0.6) is 5.75 Å². The quantitative estimate of drug-likeness (QED) is 0.579. The van der Waals surface area contributed by atoms with Gasteiger partial charge < -0.3 is 10.1 Å². The number of benzene rings is 3. The number of likely N-dealkylation sites (N-methyl/N-ethyl adjacent to an activating group) is 1. The van der Waals surface area contributed by atoms with Gasteiger partial charge in [0.15, 0.2) is 6.10 Å². The van der Waals surface area contributed by atoms with E-state index in [1.165, 1.54) is 11.6 Å². The molecule has 0 aliphatic carbocycles. The van der Waals surface area contributed by atoms with Crippen molar-refractivity contribution in [2.24, 2.45) is 0 Å². The van der Waals surface area contributed by atoms with Gasteiger partial charge >= 0.3 is 0 Å². The van der Waals surface area contributed by atoms with Crippen molar-refractivity contribution in [3.63, 3.8) is 0 Å². The molecular weight excluding hydrogens is 403 g/mol. The first-order chi connectivity index (χ1) is 15.6. The molecule has 3 aromatic carbocycles. The summed E-state index contributed by atoms with van der Waals surface area (Å²) < 4.78 is 20.4. The van der Waals surface area contributed by atoms with E-state index in [2.05, 4.69) is 28.4 Å². The zero-order valence-electron chi connectivity index (χ0n) is 18.6. The molecule has 4 nitrogen and oxygen atoms in total. The summed E-state index contributed by atoms with van der Waals surface area (Å²) in [5.41, 5.74) is 4.23. The lowest BCUT2D eigenvalue weighted by atomic mass is 9.87. The molecule has 1 heterocycles. The van der Waals surface area contributed by atoms with Gasteiger partial charge in [0.25, 0.3) is 5.91 Å². The third kappa shape index (κ3) is 4.83. The van der Waals surface area contributed by atoms with E-state index in [0.717, 1.165) is 24.1 Å². The maximum Gasteiger partial charge on any atom is 0.260 e. The van der Waals surface area contributed by atoms with E-state index in [0.29, 0.717) is 24.4 Å². The molecule has 0 spiro atoms. The highest BCUT2D eigenvalue weighted by Gasteiger charge is 2.30. The summed E-state index contributed by atoms with van der Waals surface area (Å²) in [6.07, 6.45) is 0.292. The van der Waals surface area contributed by atoms with Crippen molar-refractivity contribution in [1.82, 2.24) is 10.2 Å². The number of carbonyl (C=O) groups excluding carboxylic acids is 1. The van der Waals surface area contributed by atoms with E-state index >= 15 is 0 Å². The average molecular weight is 433 g/mol. The molecule has 0 saturated heterocycles. The van der Waals surface area contributed by atoms with Crippen molar-refractivity contribution in [3.8, 4) is 5.75 Å². The minimum atomic E-state index is -0.582. The minimum Gasteiger partial charge on any atom is -0.481 e. The Morgan fingerprint density at radius 2 is 1.88 bits per heavy atom. The Bertz CT molecular complexity index is 1070. The number of ether oxygens (including phenoxy) is 1. The van der Waals surface area contributed by atoms with E-state index < -0.39 is 6.10 Å². The van der Waals surface area contributed by atoms with Crippen LogP contribution in [0.15, 0.2) is 72.8 Å². The first-order valence-electron chi connectivity index (χ1n) is 11.2. The standard InChI is InChI=1S/C27H29FN2O2/c1-3-29-27(31)19(2)32-23-14-13-20-15-16-30(18-22-11-7-8-12-25(22)28)26(24(20)17-23)21-9-5-4-6-10-21/h4-14,17,19,26H,3,15-16,18H2,1-2H3,(H,29,31)/t19-,26-/m1/s1. The number of hydrogen-bond donors (Lipinski definition) is 1. The lowest BCUT2D eigenvalue weighted by Crippen LogP contribution is -2.37. The van der Waals surface area contributed by atoms with Crippen LogP contribution in [-0.2, 0) is 17.8 Å². The van der Waals surface area contributed by atoms with Gasteiger partial charge in [-0.25, -0.2) is 4.39 Å². The molecule has 32 heavy (non-hydrogen) atoms. The van der Waals surface area contributed by atoms with E-state index in [9.17, 15) is 9.18 Å². The third-order valence-electron chi connectivity index (χ3n) is 5.93. The number of nitrogens with one attached hydrogen (secondary N) is 1. The zero-order chi connectivity index (χ0) is 22.5. The Balaban J connectivity index is 1.68. The second-order valence-corrected chi connectivity index (χ2v) is 8.14. The van der Waals surface area contributed by atoms with Gasteiger partial charge in [0.05, 0.1) is 6.04 Å². The average Bonchev–Trinajstić information content (AvgIpc) is 2.81. The SMILES string of the molecule is CCNC(=O)[C@@H](C)Oc1ccc2c(c1)[C@@H](c1ccccc1)N(Cc1ccccc1F)CC2. The van der Waals surface area contributed by atoms with E-state index in [1.807, 2.05) is 49.4 Å². The molecule has 5 heteroatoms. The van der Waals surface area contributed by atoms with Gasteiger partial charge in [0, 0.05) is 25.2 Å². The van der Waals surface area contributed by atoms with E-state index in [1.54, 1.807) is 13.0 Å². The number of hydrogen-bond acceptors (Lipinski definition) is 3.